The van der Waals surface area contributed by atoms with Crippen molar-refractivity contribution in [2.75, 3.05) is 5.32 Å². The van der Waals surface area contributed by atoms with Gasteiger partial charge in [0.15, 0.2) is 0 Å². The predicted molar refractivity (Wildman–Crippen MR) is 130 cm³/mol. The molecule has 6 heteroatoms. The molecule has 0 unspecified atom stereocenters. The molecule has 0 spiro atoms. The Morgan fingerprint density at radius 1 is 1.00 bits per heavy atom. The van der Waals surface area contributed by atoms with E-state index in [-0.39, 0.29) is 17.7 Å². The first-order valence-electron chi connectivity index (χ1n) is 11.1. The Morgan fingerprint density at radius 3 is 2.19 bits per heavy atom. The van der Waals surface area contributed by atoms with E-state index in [1.54, 1.807) is 11.9 Å². The molecule has 2 amide bonds. The number of amides is 2. The number of carbonyl (C=O) groups is 2. The lowest BCUT2D eigenvalue weighted by Gasteiger charge is -2.17. The van der Waals surface area contributed by atoms with Gasteiger partial charge in [-0.25, -0.2) is 0 Å². The van der Waals surface area contributed by atoms with Crippen molar-refractivity contribution in [3.05, 3.63) is 60.2 Å². The van der Waals surface area contributed by atoms with Crippen LogP contribution in [0.1, 0.15) is 57.9 Å². The van der Waals surface area contributed by atoms with Crippen LogP contribution in [0.2, 0.25) is 0 Å². The summed E-state index contributed by atoms with van der Waals surface area (Å²) in [6.07, 6.45) is 6.96. The summed E-state index contributed by atoms with van der Waals surface area (Å²) in [5.41, 5.74) is 7.15. The third-order valence-electron chi connectivity index (χ3n) is 5.04. The number of anilines is 1. The maximum absolute atomic E-state index is 12.0. The zero-order chi connectivity index (χ0) is 22.5. The first-order chi connectivity index (χ1) is 14.9. The Labute approximate surface area is 190 Å². The van der Waals surface area contributed by atoms with Gasteiger partial charge in [-0.15, -0.1) is 0 Å². The number of nitrogens with two attached hydrogens (primary N) is 1. The second-order valence-corrected chi connectivity index (χ2v) is 9.08. The molecule has 2 aromatic carbocycles. The summed E-state index contributed by atoms with van der Waals surface area (Å²) in [6.45, 7) is 4.21. The van der Waals surface area contributed by atoms with Crippen molar-refractivity contribution in [1.29, 1.82) is 0 Å². The van der Waals surface area contributed by atoms with Crippen LogP contribution in [0.3, 0.4) is 0 Å². The second kappa shape index (κ2) is 13.9. The summed E-state index contributed by atoms with van der Waals surface area (Å²) in [7, 11) is 0. The first kappa shape index (κ1) is 25.0. The molecule has 1 saturated carbocycles. The van der Waals surface area contributed by atoms with Gasteiger partial charge < -0.3 is 11.1 Å². The summed E-state index contributed by atoms with van der Waals surface area (Å²) < 4.78 is 3.29. The van der Waals surface area contributed by atoms with Crippen LogP contribution in [0.4, 0.5) is 5.69 Å². The SMILES string of the molecule is CC(C)NSc1ccc(NC(=O)CCc2ccccc2)cc1.NC(=O)C1CCCCC1. The lowest BCUT2D eigenvalue weighted by molar-refractivity contribution is -0.122. The molecular weight excluding hydrogens is 406 g/mol. The molecule has 0 saturated heterocycles. The fourth-order valence-corrected chi connectivity index (χ4v) is 3.95. The van der Waals surface area contributed by atoms with Crippen LogP contribution in [-0.4, -0.2) is 17.9 Å². The number of carbonyl (C=O) groups excluding carboxylic acids is 2. The van der Waals surface area contributed by atoms with Crippen LogP contribution in [0, 0.1) is 5.92 Å². The summed E-state index contributed by atoms with van der Waals surface area (Å²) in [6, 6.07) is 18.4. The molecule has 5 nitrogen and oxygen atoms in total. The average Bonchev–Trinajstić information content (AvgIpc) is 2.79. The van der Waals surface area contributed by atoms with E-state index in [2.05, 4.69) is 23.9 Å². The van der Waals surface area contributed by atoms with E-state index >= 15 is 0 Å². The molecule has 1 aliphatic rings. The van der Waals surface area contributed by atoms with Gasteiger partial charge in [-0.2, -0.15) is 0 Å². The highest BCUT2D eigenvalue weighted by Crippen LogP contribution is 2.22. The number of hydrogen-bond donors (Lipinski definition) is 3. The maximum Gasteiger partial charge on any atom is 0.224 e. The molecular formula is C25H35N3O2S. The monoisotopic (exact) mass is 441 g/mol. The fraction of sp³-hybridized carbons (Fsp3) is 0.440. The molecule has 1 aliphatic carbocycles. The van der Waals surface area contributed by atoms with Crippen molar-refractivity contribution < 1.29 is 9.59 Å². The van der Waals surface area contributed by atoms with Gasteiger partial charge in [-0.05, 0) is 74.9 Å². The van der Waals surface area contributed by atoms with Crippen molar-refractivity contribution in [2.24, 2.45) is 11.7 Å². The number of primary amides is 1. The lowest BCUT2D eigenvalue weighted by Crippen LogP contribution is -2.24. The zero-order valence-electron chi connectivity index (χ0n) is 18.6. The third kappa shape index (κ3) is 10.5. The Bertz CT molecular complexity index is 788. The minimum Gasteiger partial charge on any atom is -0.369 e. The number of benzene rings is 2. The van der Waals surface area contributed by atoms with E-state index in [1.165, 1.54) is 24.8 Å². The van der Waals surface area contributed by atoms with E-state index in [0.29, 0.717) is 12.5 Å². The molecule has 3 rings (SSSR count). The topological polar surface area (TPSA) is 84.2 Å². The van der Waals surface area contributed by atoms with Gasteiger partial charge in [-0.1, -0.05) is 49.6 Å². The molecule has 0 radical (unpaired) electrons. The molecule has 0 aromatic heterocycles. The first-order valence-corrected chi connectivity index (χ1v) is 11.9. The van der Waals surface area contributed by atoms with Crippen molar-refractivity contribution in [1.82, 2.24) is 4.72 Å². The Morgan fingerprint density at radius 2 is 1.65 bits per heavy atom. The predicted octanol–water partition coefficient (Wildman–Crippen LogP) is 5.32. The van der Waals surface area contributed by atoms with Crippen LogP contribution >= 0.6 is 11.9 Å². The highest BCUT2D eigenvalue weighted by Gasteiger charge is 2.17. The summed E-state index contributed by atoms with van der Waals surface area (Å²) in [4.78, 5) is 23.7. The smallest absolute Gasteiger partial charge is 0.224 e. The fourth-order valence-electron chi connectivity index (χ4n) is 3.31. The van der Waals surface area contributed by atoms with Crippen LogP contribution in [0.5, 0.6) is 0 Å². The highest BCUT2D eigenvalue weighted by molar-refractivity contribution is 7.97. The van der Waals surface area contributed by atoms with E-state index < -0.39 is 0 Å². The maximum atomic E-state index is 12.0. The van der Waals surface area contributed by atoms with E-state index in [0.717, 1.165) is 29.8 Å². The van der Waals surface area contributed by atoms with Crippen LogP contribution < -0.4 is 15.8 Å². The molecule has 4 N–H and O–H groups in total. The van der Waals surface area contributed by atoms with Gasteiger partial charge in [-0.3, -0.25) is 14.3 Å². The third-order valence-corrected chi connectivity index (χ3v) is 6.14. The lowest BCUT2D eigenvalue weighted by atomic mass is 9.89. The Hall–Kier alpha value is -2.31. The van der Waals surface area contributed by atoms with Crippen molar-refractivity contribution in [3.8, 4) is 0 Å². The molecule has 31 heavy (non-hydrogen) atoms. The van der Waals surface area contributed by atoms with E-state index in [1.807, 2.05) is 54.6 Å². The summed E-state index contributed by atoms with van der Waals surface area (Å²) >= 11 is 1.60. The number of nitrogens with one attached hydrogen (secondary N) is 2. The molecule has 168 valence electrons. The van der Waals surface area contributed by atoms with Gasteiger partial charge in [0.2, 0.25) is 11.8 Å². The number of hydrogen-bond acceptors (Lipinski definition) is 4. The quantitative estimate of drug-likeness (QED) is 0.484. The van der Waals surface area contributed by atoms with Gasteiger partial charge in [0, 0.05) is 29.0 Å². The standard InChI is InChI=1S/C18H22N2OS.C7H13NO/c1-14(2)20-22-17-11-9-16(10-12-17)19-18(21)13-8-15-6-4-3-5-7-15;8-7(9)6-4-2-1-3-5-6/h3-7,9-12,14,20H,8,13H2,1-2H3,(H,19,21);6H,1-5H2,(H2,8,9). The van der Waals surface area contributed by atoms with E-state index in [9.17, 15) is 9.59 Å². The average molecular weight is 442 g/mol. The van der Waals surface area contributed by atoms with Gasteiger partial charge in [0.05, 0.1) is 0 Å². The van der Waals surface area contributed by atoms with E-state index in [4.69, 9.17) is 5.73 Å². The Balaban J connectivity index is 0.000000316. The highest BCUT2D eigenvalue weighted by atomic mass is 32.2. The molecule has 0 heterocycles. The van der Waals surface area contributed by atoms with Crippen molar-refractivity contribution >= 4 is 29.4 Å². The van der Waals surface area contributed by atoms with Crippen molar-refractivity contribution in [2.45, 2.75) is 69.7 Å². The van der Waals surface area contributed by atoms with Crippen LogP contribution in [0.15, 0.2) is 59.5 Å². The molecule has 0 bridgehead atoms. The van der Waals surface area contributed by atoms with Gasteiger partial charge in [0.1, 0.15) is 0 Å². The largest absolute Gasteiger partial charge is 0.369 e. The minimum absolute atomic E-state index is 0.0459. The van der Waals surface area contributed by atoms with Crippen molar-refractivity contribution in [3.63, 3.8) is 0 Å². The summed E-state index contributed by atoms with van der Waals surface area (Å²) in [5.74, 6) is 0.137. The summed E-state index contributed by atoms with van der Waals surface area (Å²) in [5, 5.41) is 2.94. The molecule has 0 aliphatic heterocycles. The zero-order valence-corrected chi connectivity index (χ0v) is 19.4. The van der Waals surface area contributed by atoms with Gasteiger partial charge >= 0.3 is 0 Å². The Kier molecular flexibility index (Phi) is 11.2. The van der Waals surface area contributed by atoms with Gasteiger partial charge in [0.25, 0.3) is 0 Å². The molecule has 2 aromatic rings. The van der Waals surface area contributed by atoms with Crippen LogP contribution in [-0.2, 0) is 16.0 Å². The van der Waals surface area contributed by atoms with Crippen LogP contribution in [0.25, 0.3) is 0 Å². The second-order valence-electron chi connectivity index (χ2n) is 8.17. The number of aryl methyl sites for hydroxylation is 1. The normalized spacial score (nSPS) is 13.9. The minimum atomic E-state index is -0.102. The molecule has 0 atom stereocenters. The number of rotatable bonds is 8. The molecule has 1 fully saturated rings.